The highest BCUT2D eigenvalue weighted by Gasteiger charge is 2.27. The van der Waals surface area contributed by atoms with Crippen LogP contribution in [-0.4, -0.2) is 24.6 Å². The summed E-state index contributed by atoms with van der Waals surface area (Å²) in [7, 11) is 0. The molecule has 0 spiro atoms. The monoisotopic (exact) mass is 313 g/mol. The smallest absolute Gasteiger partial charge is 0.411 e. The van der Waals surface area contributed by atoms with Crippen LogP contribution in [0.5, 0.6) is 5.75 Å². The summed E-state index contributed by atoms with van der Waals surface area (Å²) in [6, 6.07) is 3.36. The first-order valence-corrected chi connectivity index (χ1v) is 5.84. The maximum atomic E-state index is 11.8. The second-order valence-corrected chi connectivity index (χ2v) is 3.82. The van der Waals surface area contributed by atoms with Gasteiger partial charge in [-0.1, -0.05) is 15.9 Å². The molecule has 0 aromatic carbocycles. The number of ether oxygens (including phenoxy) is 2. The fraction of sp³-hybridized carbons (Fsp3) is 0.500. The molecule has 0 aliphatic heterocycles. The summed E-state index contributed by atoms with van der Waals surface area (Å²) in [5.41, 5.74) is 1.43. The van der Waals surface area contributed by atoms with Crippen LogP contribution in [0.15, 0.2) is 12.1 Å². The molecule has 1 aromatic rings. The van der Waals surface area contributed by atoms with Crippen molar-refractivity contribution in [2.24, 2.45) is 0 Å². The van der Waals surface area contributed by atoms with E-state index in [-0.39, 0.29) is 0 Å². The number of aromatic nitrogens is 1. The van der Waals surface area contributed by atoms with Crippen LogP contribution in [0.4, 0.5) is 13.2 Å². The van der Waals surface area contributed by atoms with E-state index in [1.807, 2.05) is 6.92 Å². The number of hydrogen-bond donors (Lipinski definition) is 0. The molecule has 0 aliphatic carbocycles. The topological polar surface area (TPSA) is 31.4 Å². The van der Waals surface area contributed by atoms with E-state index in [1.165, 1.54) is 0 Å². The van der Waals surface area contributed by atoms with Crippen molar-refractivity contribution in [1.82, 2.24) is 4.98 Å². The number of alkyl halides is 4. The molecule has 17 heavy (non-hydrogen) atoms. The lowest BCUT2D eigenvalue weighted by molar-refractivity contribution is -0.186. The van der Waals surface area contributed by atoms with Gasteiger partial charge in [0.25, 0.3) is 0 Å². The SMILES string of the molecule is Cc1ccc(OCOCC(F)(F)F)c(CBr)n1. The van der Waals surface area contributed by atoms with Gasteiger partial charge in [0.15, 0.2) is 6.79 Å². The van der Waals surface area contributed by atoms with Gasteiger partial charge in [-0.15, -0.1) is 0 Å². The van der Waals surface area contributed by atoms with Crippen molar-refractivity contribution in [2.45, 2.75) is 18.4 Å². The average molecular weight is 314 g/mol. The third-order valence-corrected chi connectivity index (χ3v) is 2.29. The molecule has 96 valence electrons. The van der Waals surface area contributed by atoms with Gasteiger partial charge in [-0.05, 0) is 19.1 Å². The van der Waals surface area contributed by atoms with E-state index in [1.54, 1.807) is 12.1 Å². The molecule has 1 rings (SSSR count). The molecule has 0 aliphatic rings. The van der Waals surface area contributed by atoms with Crippen molar-refractivity contribution in [1.29, 1.82) is 0 Å². The minimum Gasteiger partial charge on any atom is -0.466 e. The highest BCUT2D eigenvalue weighted by Crippen LogP contribution is 2.20. The van der Waals surface area contributed by atoms with Gasteiger partial charge in [-0.3, -0.25) is 4.98 Å². The third kappa shape index (κ3) is 5.36. The van der Waals surface area contributed by atoms with Gasteiger partial charge in [0.1, 0.15) is 12.4 Å². The molecule has 0 bridgehead atoms. The molecule has 0 amide bonds. The molecular weight excluding hydrogens is 303 g/mol. The van der Waals surface area contributed by atoms with Crippen molar-refractivity contribution in [3.8, 4) is 5.75 Å². The highest BCUT2D eigenvalue weighted by molar-refractivity contribution is 9.08. The fourth-order valence-corrected chi connectivity index (χ4v) is 1.49. The van der Waals surface area contributed by atoms with Crippen molar-refractivity contribution < 1.29 is 22.6 Å². The predicted octanol–water partition coefficient (Wildman–Crippen LogP) is 3.20. The first kappa shape index (κ1) is 14.2. The third-order valence-electron chi connectivity index (χ3n) is 1.76. The van der Waals surface area contributed by atoms with Crippen molar-refractivity contribution in [3.05, 3.63) is 23.5 Å². The molecule has 0 fully saturated rings. The zero-order valence-electron chi connectivity index (χ0n) is 9.05. The number of nitrogens with zero attached hydrogens (tertiary/aromatic N) is 1. The summed E-state index contributed by atoms with van der Waals surface area (Å²) in [6.45, 7) is 0.0380. The molecule has 3 nitrogen and oxygen atoms in total. The van der Waals surface area contributed by atoms with Crippen LogP contribution in [0.3, 0.4) is 0 Å². The quantitative estimate of drug-likeness (QED) is 0.475. The van der Waals surface area contributed by atoms with E-state index >= 15 is 0 Å². The second-order valence-electron chi connectivity index (χ2n) is 3.26. The van der Waals surface area contributed by atoms with Gasteiger partial charge in [0, 0.05) is 11.0 Å². The van der Waals surface area contributed by atoms with Crippen LogP contribution in [-0.2, 0) is 10.1 Å². The van der Waals surface area contributed by atoms with E-state index in [4.69, 9.17) is 4.74 Å². The minimum atomic E-state index is -4.34. The summed E-state index contributed by atoms with van der Waals surface area (Å²) >= 11 is 3.22. The first-order valence-electron chi connectivity index (χ1n) is 4.72. The number of pyridine rings is 1. The Morgan fingerprint density at radius 2 is 2.06 bits per heavy atom. The second kappa shape index (κ2) is 6.20. The Labute approximate surface area is 105 Å². The Morgan fingerprint density at radius 3 is 2.65 bits per heavy atom. The Balaban J connectivity index is 2.46. The van der Waals surface area contributed by atoms with Crippen LogP contribution >= 0.6 is 15.9 Å². The van der Waals surface area contributed by atoms with Crippen molar-refractivity contribution in [3.63, 3.8) is 0 Å². The fourth-order valence-electron chi connectivity index (χ4n) is 1.09. The van der Waals surface area contributed by atoms with Crippen LogP contribution in [0, 0.1) is 6.92 Å². The van der Waals surface area contributed by atoms with Gasteiger partial charge in [0.2, 0.25) is 0 Å². The lowest BCUT2D eigenvalue weighted by Gasteiger charge is -2.11. The maximum absolute atomic E-state index is 11.8. The number of rotatable bonds is 5. The first-order chi connectivity index (χ1) is 7.92. The van der Waals surface area contributed by atoms with E-state index in [2.05, 4.69) is 25.7 Å². The van der Waals surface area contributed by atoms with E-state index in [9.17, 15) is 13.2 Å². The Morgan fingerprint density at radius 1 is 1.35 bits per heavy atom. The molecule has 7 heteroatoms. The van der Waals surface area contributed by atoms with Crippen molar-refractivity contribution >= 4 is 15.9 Å². The number of aryl methyl sites for hydroxylation is 1. The summed E-state index contributed by atoms with van der Waals surface area (Å²) in [5, 5.41) is 0.462. The van der Waals surface area contributed by atoms with Crippen LogP contribution in [0.25, 0.3) is 0 Å². The lowest BCUT2D eigenvalue weighted by atomic mass is 10.3. The Hall–Kier alpha value is -0.820. The minimum absolute atomic E-state index is 0.412. The summed E-state index contributed by atoms with van der Waals surface area (Å²) in [5.74, 6) is 0.412. The molecule has 1 aromatic heterocycles. The van der Waals surface area contributed by atoms with E-state index in [0.29, 0.717) is 16.8 Å². The normalized spacial score (nSPS) is 11.6. The van der Waals surface area contributed by atoms with E-state index < -0.39 is 19.6 Å². The van der Waals surface area contributed by atoms with Crippen LogP contribution in [0.1, 0.15) is 11.4 Å². The van der Waals surface area contributed by atoms with E-state index in [0.717, 1.165) is 5.69 Å². The van der Waals surface area contributed by atoms with Gasteiger partial charge in [-0.2, -0.15) is 13.2 Å². The zero-order valence-corrected chi connectivity index (χ0v) is 10.6. The molecule has 0 radical (unpaired) electrons. The summed E-state index contributed by atoms with van der Waals surface area (Å²) in [4.78, 5) is 4.17. The van der Waals surface area contributed by atoms with Crippen LogP contribution in [0.2, 0.25) is 0 Å². The molecule has 0 saturated heterocycles. The van der Waals surface area contributed by atoms with Gasteiger partial charge in [-0.25, -0.2) is 0 Å². The van der Waals surface area contributed by atoms with Gasteiger partial charge in [0.05, 0.1) is 5.69 Å². The number of halogens is 4. The molecule has 0 atom stereocenters. The average Bonchev–Trinajstić information content (AvgIpc) is 2.24. The highest BCUT2D eigenvalue weighted by atomic mass is 79.9. The molecule has 0 N–H and O–H groups in total. The predicted molar refractivity (Wildman–Crippen MR) is 59.1 cm³/mol. The number of hydrogen-bond acceptors (Lipinski definition) is 3. The molecule has 0 saturated carbocycles. The Kier molecular flexibility index (Phi) is 5.20. The van der Waals surface area contributed by atoms with Gasteiger partial charge < -0.3 is 9.47 Å². The Bertz CT molecular complexity index is 371. The summed E-state index contributed by atoms with van der Waals surface area (Å²) < 4.78 is 44.7. The van der Waals surface area contributed by atoms with Gasteiger partial charge >= 0.3 is 6.18 Å². The zero-order chi connectivity index (χ0) is 12.9. The van der Waals surface area contributed by atoms with Crippen molar-refractivity contribution in [2.75, 3.05) is 13.4 Å². The van der Waals surface area contributed by atoms with Crippen LogP contribution < -0.4 is 4.74 Å². The maximum Gasteiger partial charge on any atom is 0.411 e. The molecule has 0 unspecified atom stereocenters. The largest absolute Gasteiger partial charge is 0.466 e. The summed E-state index contributed by atoms with van der Waals surface area (Å²) in [6.07, 6.45) is -4.34. The molecule has 1 heterocycles. The standard InChI is InChI=1S/C10H11BrF3NO2/c1-7-2-3-9(8(4-11)15-7)17-6-16-5-10(12,13)14/h2-3H,4-6H2,1H3. The lowest BCUT2D eigenvalue weighted by Crippen LogP contribution is -2.19. The molecular formula is C10H11BrF3NO2.